The van der Waals surface area contributed by atoms with E-state index in [2.05, 4.69) is 16.2 Å². The molecule has 2 amide bonds. The van der Waals surface area contributed by atoms with Crippen LogP contribution in [0.1, 0.15) is 5.56 Å². The number of benzene rings is 2. The molecular formula is C19H18ClN3O4S. The first kappa shape index (κ1) is 21.2. The summed E-state index contributed by atoms with van der Waals surface area (Å²) in [7, 11) is 1.55. The van der Waals surface area contributed by atoms with Crippen LogP contribution < -0.4 is 25.6 Å². The molecule has 0 atom stereocenters. The van der Waals surface area contributed by atoms with Crippen molar-refractivity contribution in [3.05, 3.63) is 65.2 Å². The minimum Gasteiger partial charge on any atom is -0.496 e. The van der Waals surface area contributed by atoms with E-state index in [4.69, 9.17) is 33.3 Å². The molecule has 2 rings (SSSR count). The summed E-state index contributed by atoms with van der Waals surface area (Å²) in [6, 6.07) is 13.8. The van der Waals surface area contributed by atoms with E-state index in [0.717, 1.165) is 5.56 Å². The maximum absolute atomic E-state index is 11.9. The Morgan fingerprint density at radius 1 is 1.11 bits per heavy atom. The predicted octanol–water partition coefficient (Wildman–Crippen LogP) is 2.46. The molecule has 0 saturated heterocycles. The van der Waals surface area contributed by atoms with E-state index in [-0.39, 0.29) is 11.7 Å². The minimum absolute atomic E-state index is 0.0606. The zero-order chi connectivity index (χ0) is 20.4. The number of halogens is 1. The molecule has 0 bridgehead atoms. The summed E-state index contributed by atoms with van der Waals surface area (Å²) >= 11 is 10.7. The van der Waals surface area contributed by atoms with E-state index < -0.39 is 11.8 Å². The average molecular weight is 420 g/mol. The van der Waals surface area contributed by atoms with Crippen LogP contribution in [0.4, 0.5) is 0 Å². The normalized spacial score (nSPS) is 10.2. The van der Waals surface area contributed by atoms with E-state index in [1.807, 2.05) is 12.1 Å². The molecule has 2 aromatic rings. The molecular weight excluding hydrogens is 402 g/mol. The van der Waals surface area contributed by atoms with Crippen LogP contribution in [0.5, 0.6) is 11.5 Å². The van der Waals surface area contributed by atoms with Crippen molar-refractivity contribution in [1.29, 1.82) is 0 Å². The fourth-order valence-electron chi connectivity index (χ4n) is 2.00. The molecule has 0 saturated carbocycles. The van der Waals surface area contributed by atoms with Crippen LogP contribution in [-0.4, -0.2) is 30.6 Å². The Morgan fingerprint density at radius 3 is 2.54 bits per heavy atom. The summed E-state index contributed by atoms with van der Waals surface area (Å²) in [4.78, 5) is 23.6. The SMILES string of the molecule is COc1ccccc1/C=C/C(=O)NC(=S)NNC(=O)COc1ccc(Cl)cc1. The summed E-state index contributed by atoms with van der Waals surface area (Å²) in [6.07, 6.45) is 2.90. The highest BCUT2D eigenvalue weighted by Gasteiger charge is 2.06. The Morgan fingerprint density at radius 2 is 1.82 bits per heavy atom. The Hall–Kier alpha value is -3.10. The van der Waals surface area contributed by atoms with Crippen LogP contribution in [-0.2, 0) is 9.59 Å². The molecule has 0 heterocycles. The molecule has 7 nitrogen and oxygen atoms in total. The Bertz CT molecular complexity index is 872. The van der Waals surface area contributed by atoms with E-state index in [1.165, 1.54) is 6.08 Å². The number of hydrogen-bond acceptors (Lipinski definition) is 5. The third-order valence-corrected chi connectivity index (χ3v) is 3.75. The summed E-state index contributed by atoms with van der Waals surface area (Å²) in [5, 5.41) is 2.91. The van der Waals surface area contributed by atoms with Crippen LogP contribution in [0.3, 0.4) is 0 Å². The average Bonchev–Trinajstić information content (AvgIpc) is 2.70. The molecule has 146 valence electrons. The zero-order valence-electron chi connectivity index (χ0n) is 14.9. The Kier molecular flexibility index (Phi) is 8.26. The number of hydrogen-bond donors (Lipinski definition) is 3. The Balaban J connectivity index is 1.72. The number of thiocarbonyl (C=S) groups is 1. The molecule has 3 N–H and O–H groups in total. The lowest BCUT2D eigenvalue weighted by Gasteiger charge is -2.10. The number of carbonyl (C=O) groups is 2. The maximum atomic E-state index is 11.9. The molecule has 0 aromatic heterocycles. The molecule has 0 aliphatic rings. The van der Waals surface area contributed by atoms with Gasteiger partial charge < -0.3 is 9.47 Å². The largest absolute Gasteiger partial charge is 0.496 e. The molecule has 0 spiro atoms. The van der Waals surface area contributed by atoms with Gasteiger partial charge in [0.25, 0.3) is 5.91 Å². The topological polar surface area (TPSA) is 88.7 Å². The van der Waals surface area contributed by atoms with Gasteiger partial charge in [0, 0.05) is 16.7 Å². The predicted molar refractivity (Wildman–Crippen MR) is 111 cm³/mol. The molecule has 0 aliphatic heterocycles. The van der Waals surface area contributed by atoms with Crippen molar-refractivity contribution in [2.45, 2.75) is 0 Å². The first-order valence-electron chi connectivity index (χ1n) is 8.07. The number of amides is 2. The van der Waals surface area contributed by atoms with E-state index >= 15 is 0 Å². The van der Waals surface area contributed by atoms with E-state index in [9.17, 15) is 9.59 Å². The highest BCUT2D eigenvalue weighted by atomic mass is 35.5. The quantitative estimate of drug-likeness (QED) is 0.378. The first-order valence-corrected chi connectivity index (χ1v) is 8.86. The van der Waals surface area contributed by atoms with E-state index in [1.54, 1.807) is 49.6 Å². The van der Waals surface area contributed by atoms with Gasteiger partial charge in [0.1, 0.15) is 11.5 Å². The van der Waals surface area contributed by atoms with Gasteiger partial charge in [0.15, 0.2) is 11.7 Å². The maximum Gasteiger partial charge on any atom is 0.276 e. The zero-order valence-corrected chi connectivity index (χ0v) is 16.5. The van der Waals surface area contributed by atoms with Gasteiger partial charge in [-0.15, -0.1) is 0 Å². The fraction of sp³-hybridized carbons (Fsp3) is 0.105. The van der Waals surface area contributed by atoms with Gasteiger partial charge in [0.05, 0.1) is 7.11 Å². The molecule has 0 radical (unpaired) electrons. The minimum atomic E-state index is -0.476. The lowest BCUT2D eigenvalue weighted by atomic mass is 10.2. The molecule has 0 unspecified atom stereocenters. The van der Waals surface area contributed by atoms with Crippen molar-refractivity contribution in [2.24, 2.45) is 0 Å². The third kappa shape index (κ3) is 7.26. The lowest BCUT2D eigenvalue weighted by molar-refractivity contribution is -0.123. The molecule has 28 heavy (non-hydrogen) atoms. The van der Waals surface area contributed by atoms with E-state index in [0.29, 0.717) is 16.5 Å². The lowest BCUT2D eigenvalue weighted by Crippen LogP contribution is -2.49. The van der Waals surface area contributed by atoms with Crippen molar-refractivity contribution < 1.29 is 19.1 Å². The van der Waals surface area contributed by atoms with Crippen LogP contribution in [0.15, 0.2) is 54.6 Å². The molecule has 2 aromatic carbocycles. The second-order valence-electron chi connectivity index (χ2n) is 5.31. The second-order valence-corrected chi connectivity index (χ2v) is 6.15. The van der Waals surface area contributed by atoms with Gasteiger partial charge in [-0.05, 0) is 48.6 Å². The van der Waals surface area contributed by atoms with Gasteiger partial charge in [0.2, 0.25) is 5.91 Å². The summed E-state index contributed by atoms with van der Waals surface area (Å²) in [6.45, 7) is -0.237. The molecule has 0 fully saturated rings. The van der Waals surface area contributed by atoms with Crippen LogP contribution in [0, 0.1) is 0 Å². The van der Waals surface area contributed by atoms with Crippen molar-refractivity contribution in [1.82, 2.24) is 16.2 Å². The number of rotatable bonds is 6. The number of methoxy groups -OCH3 is 1. The van der Waals surface area contributed by atoms with Gasteiger partial charge in [-0.25, -0.2) is 0 Å². The smallest absolute Gasteiger partial charge is 0.276 e. The molecule has 9 heteroatoms. The Labute approximate surface area is 172 Å². The number of nitrogens with one attached hydrogen (secondary N) is 3. The van der Waals surface area contributed by atoms with Crippen LogP contribution in [0.25, 0.3) is 6.08 Å². The first-order chi connectivity index (χ1) is 13.5. The van der Waals surface area contributed by atoms with Crippen molar-refractivity contribution in [2.75, 3.05) is 13.7 Å². The standard InChI is InChI=1S/C19H18ClN3O4S/c1-26-16-5-3-2-4-13(16)6-11-17(24)21-19(28)23-22-18(25)12-27-15-9-7-14(20)8-10-15/h2-11H,12H2,1H3,(H,22,25)(H2,21,23,24,28)/b11-6+. The number of carbonyl (C=O) groups excluding carboxylic acids is 2. The molecule has 0 aliphatic carbocycles. The number of ether oxygens (including phenoxy) is 2. The monoisotopic (exact) mass is 419 g/mol. The van der Waals surface area contributed by atoms with Crippen LogP contribution >= 0.6 is 23.8 Å². The summed E-state index contributed by atoms with van der Waals surface area (Å²) in [5.41, 5.74) is 5.48. The van der Waals surface area contributed by atoms with Crippen molar-refractivity contribution in [3.8, 4) is 11.5 Å². The summed E-state index contributed by atoms with van der Waals surface area (Å²) < 4.78 is 10.5. The summed E-state index contributed by atoms with van der Waals surface area (Å²) in [5.74, 6) is 0.197. The van der Waals surface area contributed by atoms with Gasteiger partial charge >= 0.3 is 0 Å². The highest BCUT2D eigenvalue weighted by Crippen LogP contribution is 2.18. The van der Waals surface area contributed by atoms with Crippen molar-refractivity contribution >= 4 is 46.8 Å². The van der Waals surface area contributed by atoms with Gasteiger partial charge in [-0.3, -0.25) is 25.8 Å². The number of para-hydroxylation sites is 1. The fourth-order valence-corrected chi connectivity index (χ4v) is 2.27. The highest BCUT2D eigenvalue weighted by molar-refractivity contribution is 7.80. The third-order valence-electron chi connectivity index (χ3n) is 3.29. The number of hydrazine groups is 1. The second kappa shape index (κ2) is 10.9. The van der Waals surface area contributed by atoms with Crippen molar-refractivity contribution in [3.63, 3.8) is 0 Å². The van der Waals surface area contributed by atoms with Crippen LogP contribution in [0.2, 0.25) is 5.02 Å². The van der Waals surface area contributed by atoms with Gasteiger partial charge in [-0.1, -0.05) is 29.8 Å². The van der Waals surface area contributed by atoms with Gasteiger partial charge in [-0.2, -0.15) is 0 Å².